The van der Waals surface area contributed by atoms with Crippen molar-refractivity contribution in [2.24, 2.45) is 33.5 Å². The summed E-state index contributed by atoms with van der Waals surface area (Å²) in [4.78, 5) is 44.9. The lowest BCUT2D eigenvalue weighted by Gasteiger charge is -2.30. The number of carbonyl (C=O) groups excluding carboxylic acids is 2. The van der Waals surface area contributed by atoms with Gasteiger partial charge in [-0.15, -0.1) is 0 Å². The molecule has 1 saturated heterocycles. The van der Waals surface area contributed by atoms with E-state index in [1.54, 1.807) is 4.90 Å². The number of carboxylic acids is 1. The summed E-state index contributed by atoms with van der Waals surface area (Å²) in [5.74, 6) is -2.58. The van der Waals surface area contributed by atoms with Gasteiger partial charge in [0, 0.05) is 13.1 Å². The first-order valence-corrected chi connectivity index (χ1v) is 12.6. The standard InChI is InChI=1S/C28H35N5O4/c1-17(34)24-25(20-10-9-19-13-22(32-27(30)31)14-21(19)12-20)33(11-5-8-18-6-3-2-4-7-18)26(37)28(24,16-29)15-23(35)36/h2-4,6-7,9-10,12,22,24-25H,5,8,11,13-16,29H2,1H3,(H,35,36)(H4,30,31,32)/t22?,24?,25-,28-/m1/s1. The van der Waals surface area contributed by atoms with Crippen molar-refractivity contribution >= 4 is 23.6 Å². The van der Waals surface area contributed by atoms with Crippen LogP contribution in [0.5, 0.6) is 0 Å². The fourth-order valence-electron chi connectivity index (χ4n) is 6.19. The molecule has 9 heteroatoms. The number of guanidine groups is 1. The molecule has 196 valence electrons. The Morgan fingerprint density at radius 1 is 1.11 bits per heavy atom. The Labute approximate surface area is 216 Å². The van der Waals surface area contributed by atoms with E-state index in [1.165, 1.54) is 6.92 Å². The van der Waals surface area contributed by atoms with Crippen molar-refractivity contribution in [2.45, 2.75) is 51.1 Å². The summed E-state index contributed by atoms with van der Waals surface area (Å²) in [5, 5.41) is 9.71. The van der Waals surface area contributed by atoms with Crippen LogP contribution in [0, 0.1) is 11.3 Å². The third-order valence-electron chi connectivity index (χ3n) is 7.72. The first-order chi connectivity index (χ1) is 17.7. The van der Waals surface area contributed by atoms with Gasteiger partial charge in [0.2, 0.25) is 5.91 Å². The van der Waals surface area contributed by atoms with Crippen molar-refractivity contribution in [2.75, 3.05) is 13.1 Å². The van der Waals surface area contributed by atoms with E-state index in [-0.39, 0.29) is 30.2 Å². The summed E-state index contributed by atoms with van der Waals surface area (Å²) in [6.45, 7) is 1.59. The highest BCUT2D eigenvalue weighted by Crippen LogP contribution is 2.51. The zero-order valence-corrected chi connectivity index (χ0v) is 21.1. The summed E-state index contributed by atoms with van der Waals surface area (Å²) in [6.07, 6.45) is 2.29. The lowest BCUT2D eigenvalue weighted by molar-refractivity contribution is -0.148. The van der Waals surface area contributed by atoms with Gasteiger partial charge >= 0.3 is 5.97 Å². The van der Waals surface area contributed by atoms with Gasteiger partial charge in [-0.25, -0.2) is 4.99 Å². The van der Waals surface area contributed by atoms with Crippen molar-refractivity contribution in [3.8, 4) is 0 Å². The maximum atomic E-state index is 13.9. The van der Waals surface area contributed by atoms with Crippen LogP contribution in [-0.4, -0.2) is 52.8 Å². The second-order valence-electron chi connectivity index (χ2n) is 10.2. The molecule has 0 radical (unpaired) electrons. The number of likely N-dealkylation sites (tertiary alicyclic amines) is 1. The zero-order chi connectivity index (χ0) is 26.7. The van der Waals surface area contributed by atoms with Gasteiger partial charge in [0.15, 0.2) is 5.96 Å². The van der Waals surface area contributed by atoms with Crippen LogP contribution in [0.3, 0.4) is 0 Å². The number of Topliss-reactive ketones (excluding diaryl/α,β-unsaturated/α-hetero) is 1. The van der Waals surface area contributed by atoms with E-state index in [2.05, 4.69) is 4.99 Å². The topological polar surface area (TPSA) is 165 Å². The Balaban J connectivity index is 1.71. The van der Waals surface area contributed by atoms with Crippen LogP contribution in [-0.2, 0) is 33.6 Å². The molecule has 0 aromatic heterocycles. The summed E-state index contributed by atoms with van der Waals surface area (Å²) in [6, 6.07) is 15.2. The minimum atomic E-state index is -1.49. The second-order valence-corrected chi connectivity index (χ2v) is 10.2. The van der Waals surface area contributed by atoms with Crippen molar-refractivity contribution in [3.05, 3.63) is 70.8 Å². The van der Waals surface area contributed by atoms with Gasteiger partial charge in [0.25, 0.3) is 0 Å². The largest absolute Gasteiger partial charge is 0.481 e. The minimum absolute atomic E-state index is 0.0436. The number of hydrogen-bond donors (Lipinski definition) is 4. The second kappa shape index (κ2) is 10.7. The molecule has 9 nitrogen and oxygen atoms in total. The highest BCUT2D eigenvalue weighted by atomic mass is 16.4. The number of fused-ring (bicyclic) bond motifs is 1. The van der Waals surface area contributed by atoms with Crippen molar-refractivity contribution in [1.82, 2.24) is 4.90 Å². The predicted molar refractivity (Wildman–Crippen MR) is 141 cm³/mol. The van der Waals surface area contributed by atoms with Gasteiger partial charge in [0.1, 0.15) is 5.78 Å². The molecule has 0 saturated carbocycles. The number of rotatable bonds is 10. The first kappa shape index (κ1) is 26.3. The maximum absolute atomic E-state index is 13.9. The average Bonchev–Trinajstić information content (AvgIpc) is 3.35. The highest BCUT2D eigenvalue weighted by Gasteiger charge is 2.61. The number of carbonyl (C=O) groups is 3. The van der Waals surface area contributed by atoms with Gasteiger partial charge in [0.05, 0.1) is 29.8 Å². The fourth-order valence-corrected chi connectivity index (χ4v) is 6.19. The first-order valence-electron chi connectivity index (χ1n) is 12.6. The van der Waals surface area contributed by atoms with Crippen LogP contribution in [0.4, 0.5) is 0 Å². The average molecular weight is 506 g/mol. The molecule has 1 fully saturated rings. The molecule has 0 spiro atoms. The van der Waals surface area contributed by atoms with Crippen molar-refractivity contribution in [1.29, 1.82) is 0 Å². The van der Waals surface area contributed by atoms with E-state index < -0.39 is 29.8 Å². The normalized spacial score (nSPS) is 24.6. The van der Waals surface area contributed by atoms with Gasteiger partial charge in [-0.2, -0.15) is 0 Å². The quantitative estimate of drug-likeness (QED) is 0.281. The number of nitrogens with zero attached hydrogens (tertiary/aromatic N) is 2. The third kappa shape index (κ3) is 5.22. The van der Waals surface area contributed by atoms with Crippen LogP contribution < -0.4 is 17.2 Å². The molecule has 1 heterocycles. The van der Waals surface area contributed by atoms with E-state index in [4.69, 9.17) is 17.2 Å². The lowest BCUT2D eigenvalue weighted by atomic mass is 9.69. The molecule has 2 aromatic rings. The molecule has 4 atom stereocenters. The molecule has 1 amide bonds. The Kier molecular flexibility index (Phi) is 7.63. The number of amides is 1. The molecule has 2 aromatic carbocycles. The number of nitrogens with two attached hydrogens (primary N) is 3. The number of ketones is 1. The molecule has 1 aliphatic heterocycles. The van der Waals surface area contributed by atoms with E-state index in [9.17, 15) is 19.5 Å². The van der Waals surface area contributed by atoms with Crippen LogP contribution in [0.15, 0.2) is 53.5 Å². The fraction of sp³-hybridized carbons (Fsp3) is 0.429. The van der Waals surface area contributed by atoms with Gasteiger partial charge < -0.3 is 27.2 Å². The van der Waals surface area contributed by atoms with Crippen molar-refractivity contribution < 1.29 is 19.5 Å². The molecule has 4 rings (SSSR count). The SMILES string of the molecule is CC(=O)C1[C@@H](c2ccc3c(c2)CC(N=C(N)N)C3)N(CCCc2ccccc2)C(=O)[C@@]1(CN)CC(=O)O. The Morgan fingerprint density at radius 2 is 1.81 bits per heavy atom. The van der Waals surface area contributed by atoms with Gasteiger partial charge in [-0.05, 0) is 54.9 Å². The Morgan fingerprint density at radius 3 is 2.43 bits per heavy atom. The lowest BCUT2D eigenvalue weighted by Crippen LogP contribution is -2.46. The van der Waals surface area contributed by atoms with E-state index in [1.807, 2.05) is 48.5 Å². The molecule has 0 bridgehead atoms. The predicted octanol–water partition coefficient (Wildman–Crippen LogP) is 1.57. The van der Waals surface area contributed by atoms with E-state index in [0.717, 1.165) is 28.7 Å². The van der Waals surface area contributed by atoms with Crippen LogP contribution in [0.1, 0.15) is 48.1 Å². The molecule has 2 unspecified atom stereocenters. The van der Waals surface area contributed by atoms with Crippen molar-refractivity contribution in [3.63, 3.8) is 0 Å². The Hall–Kier alpha value is -3.72. The van der Waals surface area contributed by atoms with Crippen LogP contribution >= 0.6 is 0 Å². The summed E-state index contributed by atoms with van der Waals surface area (Å²) >= 11 is 0. The molecule has 2 aliphatic rings. The third-order valence-corrected chi connectivity index (χ3v) is 7.72. The number of carboxylic acid groups (broad SMARTS) is 1. The molecular formula is C28H35N5O4. The van der Waals surface area contributed by atoms with Gasteiger partial charge in [-0.3, -0.25) is 14.4 Å². The van der Waals surface area contributed by atoms with E-state index in [0.29, 0.717) is 25.8 Å². The molecule has 1 aliphatic carbocycles. The molecule has 7 N–H and O–H groups in total. The number of aliphatic carboxylic acids is 1. The smallest absolute Gasteiger partial charge is 0.304 e. The van der Waals surface area contributed by atoms with E-state index >= 15 is 0 Å². The van der Waals surface area contributed by atoms with Gasteiger partial charge in [-0.1, -0.05) is 48.5 Å². The summed E-state index contributed by atoms with van der Waals surface area (Å²) in [7, 11) is 0. The molecular weight excluding hydrogens is 470 g/mol. The number of benzene rings is 2. The Bertz CT molecular complexity index is 1210. The summed E-state index contributed by atoms with van der Waals surface area (Å²) in [5.41, 5.74) is 19.9. The number of aliphatic imine (C=N–C) groups is 1. The molecule has 37 heavy (non-hydrogen) atoms. The monoisotopic (exact) mass is 505 g/mol. The van der Waals surface area contributed by atoms with Crippen LogP contribution in [0.2, 0.25) is 0 Å². The van der Waals surface area contributed by atoms with Crippen LogP contribution in [0.25, 0.3) is 0 Å². The zero-order valence-electron chi connectivity index (χ0n) is 21.1. The number of hydrogen-bond acceptors (Lipinski definition) is 5. The summed E-state index contributed by atoms with van der Waals surface area (Å²) < 4.78 is 0. The number of aryl methyl sites for hydroxylation is 1. The highest BCUT2D eigenvalue weighted by molar-refractivity contribution is 5.97. The minimum Gasteiger partial charge on any atom is -0.481 e. The maximum Gasteiger partial charge on any atom is 0.304 e.